The Labute approximate surface area is 88.7 Å². The molecule has 15 heavy (non-hydrogen) atoms. The highest BCUT2D eigenvalue weighted by Crippen LogP contribution is 2.16. The number of rotatable bonds is 3. The van der Waals surface area contributed by atoms with Crippen LogP contribution in [0.25, 0.3) is 0 Å². The van der Waals surface area contributed by atoms with Gasteiger partial charge in [-0.15, -0.1) is 0 Å². The lowest BCUT2D eigenvalue weighted by atomic mass is 10.2. The van der Waals surface area contributed by atoms with Gasteiger partial charge in [-0.3, -0.25) is 0 Å². The third kappa shape index (κ3) is 2.56. The quantitative estimate of drug-likeness (QED) is 0.686. The minimum atomic E-state index is 0.283. The molecule has 0 aliphatic carbocycles. The Morgan fingerprint density at radius 1 is 0.800 bits per heavy atom. The molecule has 76 valence electrons. The smallest absolute Gasteiger partial charge is 0.0756 e. The van der Waals surface area contributed by atoms with Crippen molar-refractivity contribution in [3.8, 4) is 0 Å². The van der Waals surface area contributed by atoms with Gasteiger partial charge in [-0.1, -0.05) is 53.0 Å². The lowest BCUT2D eigenvalue weighted by Crippen LogP contribution is -2.10. The molecule has 0 amide bonds. The first-order valence-electron chi connectivity index (χ1n) is 4.88. The molecule has 1 nitrogen and oxygen atoms in total. The van der Waals surface area contributed by atoms with Crippen LogP contribution in [0.2, 0.25) is 0 Å². The molecule has 0 radical (unpaired) electrons. The summed E-state index contributed by atoms with van der Waals surface area (Å²) in [6.07, 6.45) is 0. The fraction of sp³-hybridized carbons (Fsp3) is 0.0769. The van der Waals surface area contributed by atoms with E-state index in [0.717, 1.165) is 10.7 Å². The Kier molecular flexibility index (Phi) is 2.98. The van der Waals surface area contributed by atoms with Crippen molar-refractivity contribution < 1.29 is 4.48 Å². The average Bonchev–Trinajstić information content (AvgIpc) is 2.31. The third-order valence-corrected chi connectivity index (χ3v) is 2.20. The number of hydrogen-bond donors (Lipinski definition) is 0. The van der Waals surface area contributed by atoms with Crippen molar-refractivity contribution in [1.82, 2.24) is 0 Å². The molecular weight excluding hydrogens is 189 g/mol. The van der Waals surface area contributed by atoms with E-state index in [1.54, 1.807) is 12.1 Å². The van der Waals surface area contributed by atoms with Gasteiger partial charge >= 0.3 is 0 Å². The zero-order valence-electron chi connectivity index (χ0n) is 8.31. The van der Waals surface area contributed by atoms with Crippen LogP contribution in [0.4, 0.5) is 10.2 Å². The molecule has 2 aromatic carbocycles. The largest absolute Gasteiger partial charge is 0.207 e. The first-order chi connectivity index (χ1) is 7.36. The van der Waals surface area contributed by atoms with Gasteiger partial charge in [0.05, 0.1) is 12.2 Å². The van der Waals surface area contributed by atoms with Crippen LogP contribution in [-0.4, -0.2) is 0 Å². The normalized spacial score (nSPS) is 9.93. The van der Waals surface area contributed by atoms with Gasteiger partial charge in [0.2, 0.25) is 0 Å². The molecule has 2 rings (SSSR count). The molecule has 0 fully saturated rings. The van der Waals surface area contributed by atoms with Gasteiger partial charge in [0.25, 0.3) is 0 Å². The highest BCUT2D eigenvalue weighted by molar-refractivity contribution is 5.43. The standard InChI is InChI=1S/C13H12FN/c14-15(13-9-5-2-6-10-13)11-12-7-3-1-4-8-12/h1-10H,11H2. The van der Waals surface area contributed by atoms with Crippen LogP contribution in [0.3, 0.4) is 0 Å². The van der Waals surface area contributed by atoms with E-state index in [4.69, 9.17) is 0 Å². The first kappa shape index (κ1) is 9.71. The second-order valence-electron chi connectivity index (χ2n) is 3.34. The maximum Gasteiger partial charge on any atom is 0.0756 e. The number of para-hydroxylation sites is 1. The maximum atomic E-state index is 13.7. The molecule has 0 aromatic heterocycles. The number of halogens is 1. The Bertz CT molecular complexity index is 399. The van der Waals surface area contributed by atoms with E-state index < -0.39 is 0 Å². The van der Waals surface area contributed by atoms with Crippen LogP contribution in [0.5, 0.6) is 0 Å². The molecule has 0 unspecified atom stereocenters. The molecule has 0 aliphatic heterocycles. The first-order valence-corrected chi connectivity index (χ1v) is 4.88. The summed E-state index contributed by atoms with van der Waals surface area (Å²) in [5.41, 5.74) is 1.55. The Morgan fingerprint density at radius 3 is 1.93 bits per heavy atom. The van der Waals surface area contributed by atoms with E-state index in [2.05, 4.69) is 0 Å². The van der Waals surface area contributed by atoms with Crippen LogP contribution < -0.4 is 5.12 Å². The molecule has 0 aliphatic rings. The molecule has 0 saturated heterocycles. The lowest BCUT2D eigenvalue weighted by Gasteiger charge is -2.13. The summed E-state index contributed by atoms with van der Waals surface area (Å²) in [7, 11) is 0. The number of benzene rings is 2. The third-order valence-electron chi connectivity index (χ3n) is 2.20. The second kappa shape index (κ2) is 4.60. The number of nitrogens with zero attached hydrogens (tertiary/aromatic N) is 1. The lowest BCUT2D eigenvalue weighted by molar-refractivity contribution is 0.430. The van der Waals surface area contributed by atoms with Crippen molar-refractivity contribution in [3.05, 3.63) is 66.2 Å². The SMILES string of the molecule is FN(Cc1ccccc1)c1ccccc1. The zero-order chi connectivity index (χ0) is 10.5. The molecule has 0 heterocycles. The summed E-state index contributed by atoms with van der Waals surface area (Å²) in [6, 6.07) is 18.6. The summed E-state index contributed by atoms with van der Waals surface area (Å²) in [5.74, 6) is 0. The van der Waals surface area contributed by atoms with Crippen molar-refractivity contribution in [2.45, 2.75) is 6.54 Å². The highest BCUT2D eigenvalue weighted by Gasteiger charge is 2.04. The molecule has 0 spiro atoms. The summed E-state index contributed by atoms with van der Waals surface area (Å²) < 4.78 is 13.7. The van der Waals surface area contributed by atoms with Crippen LogP contribution in [0.1, 0.15) is 5.56 Å². The van der Waals surface area contributed by atoms with Crippen molar-refractivity contribution in [3.63, 3.8) is 0 Å². The molecular formula is C13H12FN. The summed E-state index contributed by atoms with van der Waals surface area (Å²) >= 11 is 0. The number of hydrogen-bond acceptors (Lipinski definition) is 1. The van der Waals surface area contributed by atoms with Crippen molar-refractivity contribution >= 4 is 5.69 Å². The average molecular weight is 201 g/mol. The monoisotopic (exact) mass is 201 g/mol. The van der Waals surface area contributed by atoms with Crippen molar-refractivity contribution in [1.29, 1.82) is 0 Å². The van der Waals surface area contributed by atoms with Gasteiger partial charge in [0.1, 0.15) is 0 Å². The van der Waals surface area contributed by atoms with Gasteiger partial charge in [0.15, 0.2) is 0 Å². The van der Waals surface area contributed by atoms with E-state index >= 15 is 0 Å². The van der Waals surface area contributed by atoms with Crippen molar-refractivity contribution in [2.24, 2.45) is 0 Å². The molecule has 2 aromatic rings. The Balaban J connectivity index is 2.08. The van der Waals surface area contributed by atoms with Crippen LogP contribution in [-0.2, 0) is 6.54 Å². The fourth-order valence-corrected chi connectivity index (χ4v) is 1.42. The van der Waals surface area contributed by atoms with Gasteiger partial charge in [-0.25, -0.2) is 5.12 Å². The van der Waals surface area contributed by atoms with E-state index in [0.29, 0.717) is 5.69 Å². The predicted octanol–water partition coefficient (Wildman–Crippen LogP) is 3.58. The minimum Gasteiger partial charge on any atom is -0.207 e. The minimum absolute atomic E-state index is 0.283. The maximum absolute atomic E-state index is 13.7. The molecule has 0 saturated carbocycles. The molecule has 0 N–H and O–H groups in total. The van der Waals surface area contributed by atoms with E-state index in [9.17, 15) is 4.48 Å². The fourth-order valence-electron chi connectivity index (χ4n) is 1.42. The summed E-state index contributed by atoms with van der Waals surface area (Å²) in [5, 5.41) is 0.745. The molecule has 0 atom stereocenters. The molecule has 2 heteroatoms. The van der Waals surface area contributed by atoms with Crippen LogP contribution >= 0.6 is 0 Å². The highest BCUT2D eigenvalue weighted by atomic mass is 19.2. The van der Waals surface area contributed by atoms with Gasteiger partial charge in [0, 0.05) is 0 Å². The number of anilines is 1. The van der Waals surface area contributed by atoms with Gasteiger partial charge < -0.3 is 0 Å². The van der Waals surface area contributed by atoms with E-state index in [1.165, 1.54) is 0 Å². The second-order valence-corrected chi connectivity index (χ2v) is 3.34. The Morgan fingerprint density at radius 2 is 1.33 bits per heavy atom. The summed E-state index contributed by atoms with van der Waals surface area (Å²) in [6.45, 7) is 0.283. The van der Waals surface area contributed by atoms with Crippen LogP contribution in [0, 0.1) is 0 Å². The topological polar surface area (TPSA) is 3.24 Å². The Hall–Kier alpha value is -1.83. The van der Waals surface area contributed by atoms with E-state index in [1.807, 2.05) is 48.5 Å². The van der Waals surface area contributed by atoms with Gasteiger partial charge in [-0.05, 0) is 17.7 Å². The van der Waals surface area contributed by atoms with Gasteiger partial charge in [-0.2, -0.15) is 0 Å². The predicted molar refractivity (Wildman–Crippen MR) is 60.2 cm³/mol. The zero-order valence-corrected chi connectivity index (χ0v) is 8.31. The van der Waals surface area contributed by atoms with Crippen molar-refractivity contribution in [2.75, 3.05) is 5.12 Å². The molecule has 0 bridgehead atoms. The van der Waals surface area contributed by atoms with Crippen LogP contribution in [0.15, 0.2) is 60.7 Å². The van der Waals surface area contributed by atoms with E-state index in [-0.39, 0.29) is 6.54 Å². The summed E-state index contributed by atoms with van der Waals surface area (Å²) in [4.78, 5) is 0.